The Morgan fingerprint density at radius 3 is 2.57 bits per heavy atom. The van der Waals surface area contributed by atoms with Crippen molar-refractivity contribution in [3.05, 3.63) is 68.0 Å². The number of hydrogen-bond acceptors (Lipinski definition) is 5. The number of amides is 3. The maximum Gasteiger partial charge on any atom is 0.290 e. The van der Waals surface area contributed by atoms with Gasteiger partial charge in [0.1, 0.15) is 11.9 Å². The van der Waals surface area contributed by atoms with Gasteiger partial charge < -0.3 is 10.5 Å². The second-order valence-corrected chi connectivity index (χ2v) is 8.92. The summed E-state index contributed by atoms with van der Waals surface area (Å²) in [5.74, 6) is -0.196. The molecule has 3 amide bonds. The summed E-state index contributed by atoms with van der Waals surface area (Å²) in [6.07, 6.45) is 2.63. The highest BCUT2D eigenvalue weighted by Gasteiger charge is 2.25. The molecule has 2 aromatic carbocycles. The van der Waals surface area contributed by atoms with E-state index in [4.69, 9.17) is 22.1 Å². The fourth-order valence-corrected chi connectivity index (χ4v) is 4.14. The van der Waals surface area contributed by atoms with Crippen LogP contribution in [-0.4, -0.2) is 23.2 Å². The van der Waals surface area contributed by atoms with Gasteiger partial charge in [-0.1, -0.05) is 29.8 Å². The summed E-state index contributed by atoms with van der Waals surface area (Å²) in [6.45, 7) is 0. The van der Waals surface area contributed by atoms with Gasteiger partial charge in [0.05, 0.1) is 9.38 Å². The molecule has 0 saturated carbocycles. The maximum atomic E-state index is 11.7. The highest BCUT2D eigenvalue weighted by Crippen LogP contribution is 2.31. The number of hydrogen-bond donors (Lipinski definition) is 2. The van der Waals surface area contributed by atoms with Gasteiger partial charge in [-0.05, 0) is 75.6 Å². The molecule has 2 aromatic rings. The van der Waals surface area contributed by atoms with Gasteiger partial charge in [0.2, 0.25) is 5.91 Å². The van der Waals surface area contributed by atoms with E-state index in [1.807, 2.05) is 24.3 Å². The van der Waals surface area contributed by atoms with Crippen LogP contribution in [0.4, 0.5) is 4.79 Å². The minimum atomic E-state index is -0.407. The first-order chi connectivity index (χ1) is 14.3. The van der Waals surface area contributed by atoms with Crippen molar-refractivity contribution in [2.75, 3.05) is 0 Å². The first-order valence-electron chi connectivity index (χ1n) is 9.04. The third kappa shape index (κ3) is 6.35. The smallest absolute Gasteiger partial charge is 0.290 e. The predicted octanol–water partition coefficient (Wildman–Crippen LogP) is 4.68. The second-order valence-electron chi connectivity index (χ2n) is 6.62. The zero-order chi connectivity index (χ0) is 21.7. The van der Waals surface area contributed by atoms with Crippen LogP contribution in [0.2, 0.25) is 5.02 Å². The molecule has 0 spiro atoms. The van der Waals surface area contributed by atoms with Crippen molar-refractivity contribution in [2.24, 2.45) is 5.73 Å². The van der Waals surface area contributed by atoms with Crippen LogP contribution in [0.3, 0.4) is 0 Å². The zero-order valence-corrected chi connectivity index (χ0v) is 18.9. The molecule has 1 saturated heterocycles. The Hall–Kier alpha value is -2.29. The van der Waals surface area contributed by atoms with E-state index in [1.165, 1.54) is 0 Å². The average molecular weight is 510 g/mol. The van der Waals surface area contributed by atoms with E-state index >= 15 is 0 Å². The lowest BCUT2D eigenvalue weighted by atomic mass is 10.0. The van der Waals surface area contributed by atoms with Gasteiger partial charge >= 0.3 is 0 Å². The summed E-state index contributed by atoms with van der Waals surface area (Å²) in [7, 11) is 0. The van der Waals surface area contributed by atoms with E-state index in [9.17, 15) is 14.4 Å². The van der Waals surface area contributed by atoms with Crippen molar-refractivity contribution >= 4 is 62.4 Å². The first kappa shape index (κ1) is 22.4. The van der Waals surface area contributed by atoms with Gasteiger partial charge in [0.25, 0.3) is 11.1 Å². The van der Waals surface area contributed by atoms with E-state index in [0.29, 0.717) is 33.0 Å². The number of nitrogens with two attached hydrogens (primary N) is 1. The normalized spacial score (nSPS) is 15.9. The van der Waals surface area contributed by atoms with Crippen LogP contribution in [-0.2, 0) is 16.0 Å². The van der Waals surface area contributed by atoms with Crippen LogP contribution in [0.5, 0.6) is 5.75 Å². The summed E-state index contributed by atoms with van der Waals surface area (Å²) in [6, 6.07) is 12.8. The largest absolute Gasteiger partial charge is 0.489 e. The van der Waals surface area contributed by atoms with Gasteiger partial charge in [-0.2, -0.15) is 0 Å². The minimum absolute atomic E-state index is 0.209. The van der Waals surface area contributed by atoms with Crippen LogP contribution in [0.15, 0.2) is 51.8 Å². The highest BCUT2D eigenvalue weighted by molar-refractivity contribution is 9.10. The van der Waals surface area contributed by atoms with E-state index in [2.05, 4.69) is 21.2 Å². The van der Waals surface area contributed by atoms with Crippen LogP contribution >= 0.6 is 39.3 Å². The van der Waals surface area contributed by atoms with E-state index in [1.54, 1.807) is 24.3 Å². The topological polar surface area (TPSA) is 98.5 Å². The summed E-state index contributed by atoms with van der Waals surface area (Å²) in [4.78, 5) is 34.6. The lowest BCUT2D eigenvalue weighted by Gasteiger charge is -2.20. The summed E-state index contributed by atoms with van der Waals surface area (Å²) in [5, 5.41) is 2.49. The van der Waals surface area contributed by atoms with Crippen LogP contribution in [0.1, 0.15) is 24.0 Å². The van der Waals surface area contributed by atoms with Crippen LogP contribution in [0.25, 0.3) is 6.08 Å². The third-order valence-electron chi connectivity index (χ3n) is 4.28. The Morgan fingerprint density at radius 2 is 1.97 bits per heavy atom. The number of primary amides is 1. The molecule has 0 aliphatic carbocycles. The van der Waals surface area contributed by atoms with Gasteiger partial charge in [0, 0.05) is 17.9 Å². The zero-order valence-electron chi connectivity index (χ0n) is 15.7. The standard InChI is InChI=1S/C21H18BrClN2O4S/c22-16-10-13(11-18-20(27)25-21(28)30-18)3-7-17(16)29-15(6-8-19(24)26)9-12-1-4-14(23)5-2-12/h1-5,7,10-11,15H,6,8-9H2,(H2,24,26)(H,25,27,28)/b18-11+. The van der Waals surface area contributed by atoms with Crippen molar-refractivity contribution in [1.82, 2.24) is 5.32 Å². The first-order valence-corrected chi connectivity index (χ1v) is 11.0. The van der Waals surface area contributed by atoms with E-state index < -0.39 is 5.91 Å². The van der Waals surface area contributed by atoms with E-state index in [0.717, 1.165) is 22.9 Å². The van der Waals surface area contributed by atoms with Crippen molar-refractivity contribution < 1.29 is 19.1 Å². The molecular formula is C21H18BrClN2O4S. The quantitative estimate of drug-likeness (QED) is 0.503. The lowest BCUT2D eigenvalue weighted by molar-refractivity contribution is -0.118. The van der Waals surface area contributed by atoms with Gasteiger partial charge in [-0.15, -0.1) is 0 Å². The summed E-state index contributed by atoms with van der Waals surface area (Å²) < 4.78 is 6.83. The molecule has 0 aromatic heterocycles. The van der Waals surface area contributed by atoms with Crippen molar-refractivity contribution in [3.63, 3.8) is 0 Å². The molecule has 1 fully saturated rings. The number of nitrogens with one attached hydrogen (secondary N) is 1. The van der Waals surface area contributed by atoms with Crippen LogP contribution in [0, 0.1) is 0 Å². The number of carbonyl (C=O) groups is 3. The molecule has 3 N–H and O–H groups in total. The fourth-order valence-electron chi connectivity index (χ4n) is 2.84. The Labute approximate surface area is 191 Å². The molecule has 30 heavy (non-hydrogen) atoms. The van der Waals surface area contributed by atoms with Gasteiger partial charge in [-0.25, -0.2) is 0 Å². The highest BCUT2D eigenvalue weighted by atomic mass is 79.9. The molecule has 1 aliphatic heterocycles. The molecule has 6 nitrogen and oxygen atoms in total. The Kier molecular flexibility index (Phi) is 7.58. The summed E-state index contributed by atoms with van der Waals surface area (Å²) >= 11 is 10.3. The lowest BCUT2D eigenvalue weighted by Crippen LogP contribution is -2.23. The van der Waals surface area contributed by atoms with Crippen molar-refractivity contribution in [3.8, 4) is 5.75 Å². The monoisotopic (exact) mass is 508 g/mol. The van der Waals surface area contributed by atoms with Gasteiger partial charge in [0.15, 0.2) is 0 Å². The SMILES string of the molecule is NC(=O)CCC(Cc1ccc(Cl)cc1)Oc1ccc(/C=C2/SC(=O)NC2=O)cc1Br. The minimum Gasteiger partial charge on any atom is -0.489 e. The van der Waals surface area contributed by atoms with E-state index in [-0.39, 0.29) is 23.7 Å². The molecule has 0 radical (unpaired) electrons. The third-order valence-corrected chi connectivity index (χ3v) is 5.96. The number of imide groups is 1. The predicted molar refractivity (Wildman–Crippen MR) is 121 cm³/mol. The number of ether oxygens (including phenoxy) is 1. The van der Waals surface area contributed by atoms with Crippen LogP contribution < -0.4 is 15.8 Å². The number of rotatable bonds is 8. The average Bonchev–Trinajstić information content (AvgIpc) is 3.00. The molecule has 3 rings (SSSR count). The Balaban J connectivity index is 1.75. The number of carbonyl (C=O) groups excluding carboxylic acids is 3. The Bertz CT molecular complexity index is 1010. The Morgan fingerprint density at radius 1 is 1.23 bits per heavy atom. The molecule has 1 heterocycles. The summed E-state index contributed by atoms with van der Waals surface area (Å²) in [5.41, 5.74) is 7.08. The molecular weight excluding hydrogens is 492 g/mol. The molecule has 1 atom stereocenters. The fraction of sp³-hybridized carbons (Fsp3) is 0.190. The van der Waals surface area contributed by atoms with Crippen molar-refractivity contribution in [1.29, 1.82) is 0 Å². The molecule has 156 valence electrons. The number of benzene rings is 2. The number of halogens is 2. The molecule has 9 heteroatoms. The second kappa shape index (κ2) is 10.1. The van der Waals surface area contributed by atoms with Gasteiger partial charge in [-0.3, -0.25) is 19.7 Å². The number of thioether (sulfide) groups is 1. The molecule has 1 unspecified atom stereocenters. The molecule has 1 aliphatic rings. The molecule has 0 bridgehead atoms. The van der Waals surface area contributed by atoms with Crippen molar-refractivity contribution in [2.45, 2.75) is 25.4 Å². The maximum absolute atomic E-state index is 11.7.